The molecule has 0 N–H and O–H groups in total. The molecule has 0 aromatic carbocycles. The van der Waals surface area contributed by atoms with Gasteiger partial charge in [-0.3, -0.25) is 4.90 Å². The highest BCUT2D eigenvalue weighted by atomic mass is 16.6. The Morgan fingerprint density at radius 1 is 1.06 bits per heavy atom. The van der Waals surface area contributed by atoms with Crippen LogP contribution >= 0.6 is 0 Å². The molecular weight excluding hydrogens is 228 g/mol. The van der Waals surface area contributed by atoms with Crippen molar-refractivity contribution < 1.29 is 9.53 Å². The number of amides is 1. The minimum absolute atomic E-state index is 0.101. The first-order valence-electron chi connectivity index (χ1n) is 7.17. The summed E-state index contributed by atoms with van der Waals surface area (Å²) in [5, 5.41) is 0. The van der Waals surface area contributed by atoms with E-state index in [2.05, 4.69) is 25.7 Å². The maximum absolute atomic E-state index is 12.0. The molecule has 0 aromatic heterocycles. The molecule has 18 heavy (non-hydrogen) atoms. The standard InChI is InChI=1S/C14H26N2O2/c1-14(2,3)16-10-8-15(9-11-16)13(17)18-12-6-4-5-7-12/h12H,4-11H2,1-3H3. The summed E-state index contributed by atoms with van der Waals surface area (Å²) in [5.74, 6) is 0. The highest BCUT2D eigenvalue weighted by Crippen LogP contribution is 2.22. The largest absolute Gasteiger partial charge is 0.446 e. The third kappa shape index (κ3) is 3.37. The quantitative estimate of drug-likeness (QED) is 0.720. The van der Waals surface area contributed by atoms with E-state index in [-0.39, 0.29) is 17.7 Å². The van der Waals surface area contributed by atoms with Crippen molar-refractivity contribution in [3.63, 3.8) is 0 Å². The van der Waals surface area contributed by atoms with Crippen LogP contribution in [0.25, 0.3) is 0 Å². The first-order chi connectivity index (χ1) is 8.47. The van der Waals surface area contributed by atoms with Gasteiger partial charge in [0, 0.05) is 31.7 Å². The number of carbonyl (C=O) groups is 1. The zero-order valence-corrected chi connectivity index (χ0v) is 11.9. The fourth-order valence-corrected chi connectivity index (χ4v) is 2.78. The number of nitrogens with zero attached hydrogens (tertiary/aromatic N) is 2. The molecular formula is C14H26N2O2. The van der Waals surface area contributed by atoms with Crippen LogP contribution in [0.3, 0.4) is 0 Å². The van der Waals surface area contributed by atoms with Gasteiger partial charge in [0.2, 0.25) is 0 Å². The van der Waals surface area contributed by atoms with E-state index in [1.807, 2.05) is 4.90 Å². The lowest BCUT2D eigenvalue weighted by Crippen LogP contribution is -2.54. The summed E-state index contributed by atoms with van der Waals surface area (Å²) in [7, 11) is 0. The fourth-order valence-electron chi connectivity index (χ4n) is 2.78. The molecule has 1 saturated carbocycles. The van der Waals surface area contributed by atoms with Crippen LogP contribution in [-0.2, 0) is 4.74 Å². The van der Waals surface area contributed by atoms with Crippen LogP contribution in [0, 0.1) is 0 Å². The second-order valence-electron chi connectivity index (χ2n) is 6.44. The lowest BCUT2D eigenvalue weighted by atomic mass is 10.1. The Morgan fingerprint density at radius 2 is 1.61 bits per heavy atom. The van der Waals surface area contributed by atoms with Crippen LogP contribution in [0.5, 0.6) is 0 Å². The predicted octanol–water partition coefficient (Wildman–Crippen LogP) is 2.48. The van der Waals surface area contributed by atoms with Crippen molar-refractivity contribution in [1.82, 2.24) is 9.80 Å². The molecule has 0 radical (unpaired) electrons. The van der Waals surface area contributed by atoms with Crippen LogP contribution in [0.2, 0.25) is 0 Å². The van der Waals surface area contributed by atoms with Gasteiger partial charge in [0.05, 0.1) is 0 Å². The average molecular weight is 254 g/mol. The van der Waals surface area contributed by atoms with Crippen LogP contribution in [0.15, 0.2) is 0 Å². The van der Waals surface area contributed by atoms with Crippen molar-refractivity contribution in [2.45, 2.75) is 58.1 Å². The van der Waals surface area contributed by atoms with Gasteiger partial charge in [-0.25, -0.2) is 4.79 Å². The highest BCUT2D eigenvalue weighted by Gasteiger charge is 2.29. The molecule has 0 aromatic rings. The van der Waals surface area contributed by atoms with Crippen LogP contribution in [0.1, 0.15) is 46.5 Å². The lowest BCUT2D eigenvalue weighted by molar-refractivity contribution is 0.0292. The van der Waals surface area contributed by atoms with E-state index in [0.717, 1.165) is 39.0 Å². The van der Waals surface area contributed by atoms with Gasteiger partial charge in [0.25, 0.3) is 0 Å². The van der Waals surface area contributed by atoms with Crippen molar-refractivity contribution >= 4 is 6.09 Å². The van der Waals surface area contributed by atoms with Crippen LogP contribution in [-0.4, -0.2) is 53.7 Å². The van der Waals surface area contributed by atoms with Crippen molar-refractivity contribution in [1.29, 1.82) is 0 Å². The van der Waals surface area contributed by atoms with E-state index in [4.69, 9.17) is 4.74 Å². The summed E-state index contributed by atoms with van der Waals surface area (Å²) < 4.78 is 5.54. The first-order valence-corrected chi connectivity index (χ1v) is 7.17. The normalized spacial score (nSPS) is 23.4. The molecule has 4 heteroatoms. The second-order valence-corrected chi connectivity index (χ2v) is 6.44. The zero-order chi connectivity index (χ0) is 13.2. The maximum Gasteiger partial charge on any atom is 0.410 e. The third-order valence-corrected chi connectivity index (χ3v) is 4.06. The predicted molar refractivity (Wildman–Crippen MR) is 71.6 cm³/mol. The molecule has 104 valence electrons. The topological polar surface area (TPSA) is 32.8 Å². The molecule has 4 nitrogen and oxygen atoms in total. The van der Waals surface area contributed by atoms with Crippen molar-refractivity contribution in [3.05, 3.63) is 0 Å². The van der Waals surface area contributed by atoms with Crippen LogP contribution < -0.4 is 0 Å². The van der Waals surface area contributed by atoms with Crippen molar-refractivity contribution in [2.75, 3.05) is 26.2 Å². The minimum Gasteiger partial charge on any atom is -0.446 e. The summed E-state index contributed by atoms with van der Waals surface area (Å²) in [6.07, 6.45) is 4.58. The molecule has 1 aliphatic carbocycles. The highest BCUT2D eigenvalue weighted by molar-refractivity contribution is 5.68. The number of hydrogen-bond acceptors (Lipinski definition) is 3. The maximum atomic E-state index is 12.0. The van der Waals surface area contributed by atoms with Gasteiger partial charge < -0.3 is 9.64 Å². The SMILES string of the molecule is CC(C)(C)N1CCN(C(=O)OC2CCCC2)CC1. The number of rotatable bonds is 1. The lowest BCUT2D eigenvalue weighted by Gasteiger charge is -2.42. The van der Waals surface area contributed by atoms with Gasteiger partial charge in [-0.15, -0.1) is 0 Å². The molecule has 1 amide bonds. The van der Waals surface area contributed by atoms with E-state index >= 15 is 0 Å². The van der Waals surface area contributed by atoms with Gasteiger partial charge in [0.15, 0.2) is 0 Å². The molecule has 2 aliphatic rings. The number of ether oxygens (including phenoxy) is 1. The molecule has 0 spiro atoms. The smallest absolute Gasteiger partial charge is 0.410 e. The summed E-state index contributed by atoms with van der Waals surface area (Å²) in [4.78, 5) is 16.3. The Bertz CT molecular complexity index is 285. The zero-order valence-electron chi connectivity index (χ0n) is 11.9. The van der Waals surface area contributed by atoms with E-state index in [0.29, 0.717) is 0 Å². The van der Waals surface area contributed by atoms with Crippen molar-refractivity contribution in [3.8, 4) is 0 Å². The Hall–Kier alpha value is -0.770. The molecule has 0 bridgehead atoms. The monoisotopic (exact) mass is 254 g/mol. The number of piperazine rings is 1. The fraction of sp³-hybridized carbons (Fsp3) is 0.929. The van der Waals surface area contributed by atoms with Gasteiger partial charge in [-0.1, -0.05) is 0 Å². The van der Waals surface area contributed by atoms with Crippen molar-refractivity contribution in [2.24, 2.45) is 0 Å². The van der Waals surface area contributed by atoms with Gasteiger partial charge in [0.1, 0.15) is 6.10 Å². The summed E-state index contributed by atoms with van der Waals surface area (Å²) in [6, 6.07) is 0. The molecule has 2 fully saturated rings. The summed E-state index contributed by atoms with van der Waals surface area (Å²) >= 11 is 0. The van der Waals surface area contributed by atoms with E-state index in [1.54, 1.807) is 0 Å². The van der Waals surface area contributed by atoms with Gasteiger partial charge in [-0.2, -0.15) is 0 Å². The van der Waals surface area contributed by atoms with Gasteiger partial charge in [-0.05, 0) is 46.5 Å². The van der Waals surface area contributed by atoms with E-state index in [1.165, 1.54) is 12.8 Å². The minimum atomic E-state index is -0.101. The Morgan fingerprint density at radius 3 is 2.11 bits per heavy atom. The molecule has 1 saturated heterocycles. The summed E-state index contributed by atoms with van der Waals surface area (Å²) in [5.41, 5.74) is 0.196. The van der Waals surface area contributed by atoms with Crippen LogP contribution in [0.4, 0.5) is 4.79 Å². The van der Waals surface area contributed by atoms with Gasteiger partial charge >= 0.3 is 6.09 Å². The number of carbonyl (C=O) groups excluding carboxylic acids is 1. The molecule has 1 aliphatic heterocycles. The Kier molecular flexibility index (Phi) is 4.15. The summed E-state index contributed by atoms with van der Waals surface area (Å²) in [6.45, 7) is 10.1. The molecule has 2 rings (SSSR count). The average Bonchev–Trinajstić information content (AvgIpc) is 2.81. The molecule has 0 unspecified atom stereocenters. The molecule has 1 heterocycles. The Balaban J connectivity index is 1.76. The molecule has 0 atom stereocenters. The first kappa shape index (κ1) is 13.7. The van der Waals surface area contributed by atoms with E-state index < -0.39 is 0 Å². The third-order valence-electron chi connectivity index (χ3n) is 4.06. The number of hydrogen-bond donors (Lipinski definition) is 0. The Labute approximate surface area is 110 Å². The second kappa shape index (κ2) is 5.47. The van der Waals surface area contributed by atoms with E-state index in [9.17, 15) is 4.79 Å².